The van der Waals surface area contributed by atoms with Gasteiger partial charge in [0.05, 0.1) is 18.6 Å². The van der Waals surface area contributed by atoms with Gasteiger partial charge in [-0.1, -0.05) is 0 Å². The topological polar surface area (TPSA) is 60.7 Å². The maximum absolute atomic E-state index is 8.47. The highest BCUT2D eigenvalue weighted by Crippen LogP contribution is 1.71. The van der Waals surface area contributed by atoms with Gasteiger partial charge in [-0.2, -0.15) is 0 Å². The first-order valence-corrected chi connectivity index (χ1v) is 1.28. The molecule has 0 aromatic rings. The van der Waals surface area contributed by atoms with Crippen LogP contribution in [0.5, 0.6) is 0 Å². The minimum absolute atomic E-state index is 2.46. The molecule has 0 aromatic heterocycles. The fraction of sp³-hybridized carbons (Fsp3) is 1.00. The zero-order valence-electron chi connectivity index (χ0n) is 6.92. The van der Waals surface area contributed by atoms with Crippen molar-refractivity contribution >= 4 is 0 Å². The van der Waals surface area contributed by atoms with Crippen molar-refractivity contribution in [2.24, 2.45) is 0 Å². The molecule has 0 unspecified atom stereocenters. The molecule has 0 aromatic carbocycles. The van der Waals surface area contributed by atoms with E-state index in [1.165, 1.54) is 0 Å². The summed E-state index contributed by atoms with van der Waals surface area (Å²) in [6.45, 7) is -6.25. The van der Waals surface area contributed by atoms with Crippen LogP contribution in [0.1, 0.15) is 5.48 Å². The smallest absolute Gasteiger partial charge is 0.100 e. The number of aliphatic hydroxyl groups excluding tert-OH is 1. The van der Waals surface area contributed by atoms with Crippen molar-refractivity contribution < 1.29 is 20.8 Å². The van der Waals surface area contributed by atoms with E-state index in [9.17, 15) is 0 Å². The molecule has 38 valence electrons. The predicted octanol–water partition coefficient (Wildman–Crippen LogP) is -1.67. The summed E-state index contributed by atoms with van der Waals surface area (Å²) in [7, 11) is 0. The summed E-state index contributed by atoms with van der Waals surface area (Å²) in [6.07, 6.45) is -2.46. The minimum Gasteiger partial charge on any atom is -0.394 e. The van der Waals surface area contributed by atoms with Gasteiger partial charge in [0.15, 0.2) is 0 Å². The molecule has 0 aliphatic heterocycles. The van der Waals surface area contributed by atoms with Gasteiger partial charge in [-0.05, 0) is 0 Å². The Morgan fingerprint density at radius 2 is 1.83 bits per heavy atom. The fourth-order valence-electron chi connectivity index (χ4n) is 0.0289. The standard InChI is InChI=1S/C3H8O3/c4-1-3(6)2-5/h3-6H,1-2H2/i1D2,2D2. The Bertz CT molecular complexity index is 99.9. The molecule has 0 amide bonds. The maximum atomic E-state index is 8.47. The first-order chi connectivity index (χ1) is 4.15. The first kappa shape index (κ1) is 1.78. The van der Waals surface area contributed by atoms with Crippen molar-refractivity contribution in [2.75, 3.05) is 13.1 Å². The molecule has 0 radical (unpaired) electrons. The molecule has 0 bridgehead atoms. The van der Waals surface area contributed by atoms with E-state index in [-0.39, 0.29) is 0 Å². The third-order valence-electron chi connectivity index (χ3n) is 0.245. The van der Waals surface area contributed by atoms with Gasteiger partial charge in [0, 0.05) is 0 Å². The van der Waals surface area contributed by atoms with Crippen molar-refractivity contribution in [1.82, 2.24) is 0 Å². The number of rotatable bonds is 2. The first-order valence-electron chi connectivity index (χ1n) is 3.28. The molecule has 3 N–H and O–H groups in total. The summed E-state index contributed by atoms with van der Waals surface area (Å²) in [4.78, 5) is 0. The van der Waals surface area contributed by atoms with Gasteiger partial charge in [0.1, 0.15) is 6.10 Å². The molecule has 3 nitrogen and oxygen atoms in total. The molecule has 0 fully saturated rings. The lowest BCUT2D eigenvalue weighted by Gasteiger charge is -1.96. The molecule has 3 heteroatoms. The Hall–Kier alpha value is -0.120. The van der Waals surface area contributed by atoms with Gasteiger partial charge >= 0.3 is 0 Å². The van der Waals surface area contributed by atoms with Crippen molar-refractivity contribution in [2.45, 2.75) is 6.10 Å². The Kier molecular flexibility index (Phi) is 0.913. The van der Waals surface area contributed by atoms with E-state index in [4.69, 9.17) is 20.8 Å². The van der Waals surface area contributed by atoms with Crippen LogP contribution in [-0.4, -0.2) is 34.5 Å². The summed E-state index contributed by atoms with van der Waals surface area (Å²) >= 11 is 0. The Morgan fingerprint density at radius 1 is 1.50 bits per heavy atom. The summed E-state index contributed by atoms with van der Waals surface area (Å²) in [6, 6.07) is 0. The minimum atomic E-state index is -3.13. The van der Waals surface area contributed by atoms with Gasteiger partial charge in [-0.15, -0.1) is 0 Å². The quantitative estimate of drug-likeness (QED) is 0.385. The SMILES string of the molecule is [2H]C([2H])(O)C(O)C([2H])([2H])O. The highest BCUT2D eigenvalue weighted by molar-refractivity contribution is 4.43. The summed E-state index contributed by atoms with van der Waals surface area (Å²) < 4.78 is 25.5. The van der Waals surface area contributed by atoms with Crippen LogP contribution >= 0.6 is 0 Å². The zero-order chi connectivity index (χ0) is 8.58. The zero-order valence-corrected chi connectivity index (χ0v) is 2.92. The monoisotopic (exact) mass is 96.1 g/mol. The molecule has 0 spiro atoms. The van der Waals surface area contributed by atoms with Gasteiger partial charge in [-0.25, -0.2) is 0 Å². The molecular weight excluding hydrogens is 84.0 g/mol. The Labute approximate surface area is 41.5 Å². The van der Waals surface area contributed by atoms with E-state index in [2.05, 4.69) is 0 Å². The number of hydrogen-bond donors (Lipinski definition) is 3. The van der Waals surface area contributed by atoms with E-state index in [0.717, 1.165) is 0 Å². The lowest BCUT2D eigenvalue weighted by atomic mass is 10.4. The van der Waals surface area contributed by atoms with Crippen LogP contribution < -0.4 is 0 Å². The van der Waals surface area contributed by atoms with Gasteiger partial charge in [0.2, 0.25) is 0 Å². The van der Waals surface area contributed by atoms with E-state index < -0.39 is 19.2 Å². The van der Waals surface area contributed by atoms with E-state index in [1.807, 2.05) is 0 Å². The van der Waals surface area contributed by atoms with E-state index >= 15 is 0 Å². The lowest BCUT2D eigenvalue weighted by molar-refractivity contribution is 0.0450. The average molecular weight is 96.1 g/mol. The third-order valence-corrected chi connectivity index (χ3v) is 0.245. The van der Waals surface area contributed by atoms with Crippen LogP contribution in [0.4, 0.5) is 0 Å². The molecule has 6 heavy (non-hydrogen) atoms. The van der Waals surface area contributed by atoms with Gasteiger partial charge in [-0.3, -0.25) is 0 Å². The second-order valence-electron chi connectivity index (χ2n) is 0.661. The number of aliphatic hydroxyl groups is 3. The van der Waals surface area contributed by atoms with Gasteiger partial charge in [0.25, 0.3) is 0 Å². The highest BCUT2D eigenvalue weighted by atomic mass is 16.3. The van der Waals surface area contributed by atoms with Crippen LogP contribution in [-0.2, 0) is 0 Å². The molecule has 0 aliphatic carbocycles. The Balaban J connectivity index is 4.23. The average Bonchev–Trinajstić information content (AvgIpc) is 1.59. The third kappa shape index (κ3) is 2.14. The maximum Gasteiger partial charge on any atom is 0.100 e. The van der Waals surface area contributed by atoms with Crippen LogP contribution in [0.15, 0.2) is 0 Å². The van der Waals surface area contributed by atoms with E-state index in [1.54, 1.807) is 0 Å². The number of hydrogen-bond acceptors (Lipinski definition) is 3. The van der Waals surface area contributed by atoms with Crippen molar-refractivity contribution in [3.05, 3.63) is 0 Å². The van der Waals surface area contributed by atoms with Crippen LogP contribution in [0.2, 0.25) is 0 Å². The summed E-state index contributed by atoms with van der Waals surface area (Å²) in [5.74, 6) is 0. The van der Waals surface area contributed by atoms with Crippen LogP contribution in [0.25, 0.3) is 0 Å². The van der Waals surface area contributed by atoms with Crippen molar-refractivity contribution in [3.63, 3.8) is 0 Å². The molecule has 0 heterocycles. The van der Waals surface area contributed by atoms with Gasteiger partial charge < -0.3 is 15.3 Å². The highest BCUT2D eigenvalue weighted by Gasteiger charge is 1.93. The summed E-state index contributed by atoms with van der Waals surface area (Å²) in [5.41, 5.74) is 0. The van der Waals surface area contributed by atoms with Crippen molar-refractivity contribution in [1.29, 1.82) is 0 Å². The fourth-order valence-corrected chi connectivity index (χ4v) is 0.0289. The van der Waals surface area contributed by atoms with Crippen molar-refractivity contribution in [3.8, 4) is 0 Å². The van der Waals surface area contributed by atoms with E-state index in [0.29, 0.717) is 0 Å². The molecular formula is C3H8O3. The Morgan fingerprint density at radius 3 is 1.83 bits per heavy atom. The summed E-state index contributed by atoms with van der Waals surface area (Å²) in [5, 5.41) is 25.1. The van der Waals surface area contributed by atoms with Crippen LogP contribution in [0.3, 0.4) is 0 Å². The second-order valence-corrected chi connectivity index (χ2v) is 0.661. The predicted molar refractivity (Wildman–Crippen MR) is 20.2 cm³/mol. The normalized spacial score (nSPS) is 24.7. The molecule has 0 aliphatic rings. The second kappa shape index (κ2) is 3.08. The van der Waals surface area contributed by atoms with Crippen LogP contribution in [0, 0.1) is 0 Å². The molecule has 0 saturated heterocycles. The lowest BCUT2D eigenvalue weighted by Crippen LogP contribution is -2.15. The molecule has 0 saturated carbocycles. The molecule has 0 atom stereocenters. The molecule has 0 rings (SSSR count). The largest absolute Gasteiger partial charge is 0.394 e.